The van der Waals surface area contributed by atoms with Crippen LogP contribution in [-0.2, 0) is 9.59 Å². The van der Waals surface area contributed by atoms with Gasteiger partial charge in [0.25, 0.3) is 5.91 Å². The number of benzene rings is 1. The number of carboxylic acid groups (broad SMARTS) is 1. The fraction of sp³-hybridized carbons (Fsp3) is 0.467. The van der Waals surface area contributed by atoms with Gasteiger partial charge in [0, 0.05) is 0 Å². The number of ether oxygens (including phenoxy) is 1. The number of carboxylic acids is 1. The van der Waals surface area contributed by atoms with E-state index < -0.39 is 29.8 Å². The van der Waals surface area contributed by atoms with Crippen molar-refractivity contribution in [2.75, 3.05) is 0 Å². The standard InChI is InChI=1S/C15H19ClFNO4/c1-4-8(2)13(15(20)21)18-14(19)9(3)22-12-6-5-10(17)7-11(12)16/h5-9,13H,4H2,1-3H3,(H,18,19)(H,20,21)/t8-,9?,13-/m0/s1. The van der Waals surface area contributed by atoms with Gasteiger partial charge >= 0.3 is 5.97 Å². The van der Waals surface area contributed by atoms with E-state index in [1.54, 1.807) is 6.92 Å². The van der Waals surface area contributed by atoms with Crippen molar-refractivity contribution < 1.29 is 23.8 Å². The van der Waals surface area contributed by atoms with Gasteiger partial charge in [0.15, 0.2) is 6.10 Å². The lowest BCUT2D eigenvalue weighted by molar-refractivity contribution is -0.144. The summed E-state index contributed by atoms with van der Waals surface area (Å²) in [5.74, 6) is -2.26. The number of aliphatic carboxylic acids is 1. The van der Waals surface area contributed by atoms with Gasteiger partial charge in [-0.2, -0.15) is 0 Å². The summed E-state index contributed by atoms with van der Waals surface area (Å²) >= 11 is 5.82. The van der Waals surface area contributed by atoms with Crippen molar-refractivity contribution in [2.45, 2.75) is 39.3 Å². The highest BCUT2D eigenvalue weighted by atomic mass is 35.5. The van der Waals surface area contributed by atoms with Crippen molar-refractivity contribution in [1.29, 1.82) is 0 Å². The summed E-state index contributed by atoms with van der Waals surface area (Å²) in [6, 6.07) is 2.54. The number of hydrogen-bond acceptors (Lipinski definition) is 3. The minimum absolute atomic E-state index is 0.0383. The Labute approximate surface area is 133 Å². The van der Waals surface area contributed by atoms with E-state index in [-0.39, 0.29) is 16.7 Å². The molecule has 0 spiro atoms. The number of hydrogen-bond donors (Lipinski definition) is 2. The molecule has 1 rings (SSSR count). The lowest BCUT2D eigenvalue weighted by Gasteiger charge is -2.22. The van der Waals surface area contributed by atoms with E-state index in [0.717, 1.165) is 12.1 Å². The lowest BCUT2D eigenvalue weighted by Crippen LogP contribution is -2.49. The summed E-state index contributed by atoms with van der Waals surface area (Å²) < 4.78 is 18.3. The average Bonchev–Trinajstić information content (AvgIpc) is 2.46. The number of carbonyl (C=O) groups excluding carboxylic acids is 1. The van der Waals surface area contributed by atoms with E-state index in [0.29, 0.717) is 6.42 Å². The van der Waals surface area contributed by atoms with Crippen molar-refractivity contribution in [1.82, 2.24) is 5.32 Å². The zero-order valence-electron chi connectivity index (χ0n) is 12.6. The fourth-order valence-corrected chi connectivity index (χ4v) is 1.98. The van der Waals surface area contributed by atoms with Crippen molar-refractivity contribution in [3.8, 4) is 5.75 Å². The molecule has 0 fully saturated rings. The molecule has 1 aromatic carbocycles. The Morgan fingerprint density at radius 3 is 2.55 bits per heavy atom. The molecule has 0 aromatic heterocycles. The molecule has 0 radical (unpaired) electrons. The fourth-order valence-electron chi connectivity index (χ4n) is 1.77. The Balaban J connectivity index is 2.73. The Kier molecular flexibility index (Phi) is 6.61. The summed E-state index contributed by atoms with van der Waals surface area (Å²) in [7, 11) is 0. The summed E-state index contributed by atoms with van der Waals surface area (Å²) in [4.78, 5) is 23.2. The average molecular weight is 332 g/mol. The van der Waals surface area contributed by atoms with Crippen molar-refractivity contribution in [3.05, 3.63) is 29.0 Å². The van der Waals surface area contributed by atoms with E-state index in [2.05, 4.69) is 5.32 Å². The monoisotopic (exact) mass is 331 g/mol. The highest BCUT2D eigenvalue weighted by Crippen LogP contribution is 2.25. The smallest absolute Gasteiger partial charge is 0.326 e. The minimum Gasteiger partial charge on any atom is -0.480 e. The molecule has 0 aliphatic carbocycles. The van der Waals surface area contributed by atoms with Crippen LogP contribution in [0.15, 0.2) is 18.2 Å². The van der Waals surface area contributed by atoms with Crippen molar-refractivity contribution in [2.24, 2.45) is 5.92 Å². The number of halogens is 2. The molecule has 0 bridgehead atoms. The predicted octanol–water partition coefficient (Wildman–Crippen LogP) is 2.86. The first kappa shape index (κ1) is 18.2. The zero-order chi connectivity index (χ0) is 16.9. The van der Waals surface area contributed by atoms with Crippen LogP contribution in [0.25, 0.3) is 0 Å². The second kappa shape index (κ2) is 7.98. The Bertz CT molecular complexity index is 552. The molecule has 0 aliphatic rings. The molecule has 7 heteroatoms. The number of rotatable bonds is 7. The molecule has 1 amide bonds. The van der Waals surface area contributed by atoms with Crippen molar-refractivity contribution >= 4 is 23.5 Å². The van der Waals surface area contributed by atoms with Crippen LogP contribution in [0.2, 0.25) is 5.02 Å². The molecular formula is C15H19ClFNO4. The van der Waals surface area contributed by atoms with Crippen LogP contribution < -0.4 is 10.1 Å². The molecule has 0 saturated heterocycles. The van der Waals surface area contributed by atoms with Crippen LogP contribution in [-0.4, -0.2) is 29.1 Å². The zero-order valence-corrected chi connectivity index (χ0v) is 13.4. The highest BCUT2D eigenvalue weighted by molar-refractivity contribution is 6.32. The lowest BCUT2D eigenvalue weighted by atomic mass is 9.99. The predicted molar refractivity (Wildman–Crippen MR) is 80.5 cm³/mol. The van der Waals surface area contributed by atoms with Gasteiger partial charge in [-0.25, -0.2) is 9.18 Å². The van der Waals surface area contributed by atoms with Gasteiger partial charge in [0.05, 0.1) is 5.02 Å². The third-order valence-electron chi connectivity index (χ3n) is 3.34. The van der Waals surface area contributed by atoms with Crippen LogP contribution in [0.3, 0.4) is 0 Å². The molecule has 5 nitrogen and oxygen atoms in total. The third-order valence-corrected chi connectivity index (χ3v) is 3.64. The van der Waals surface area contributed by atoms with Gasteiger partial charge in [-0.05, 0) is 31.0 Å². The summed E-state index contributed by atoms with van der Waals surface area (Å²) in [6.45, 7) is 5.04. The second-order valence-electron chi connectivity index (χ2n) is 5.04. The molecule has 1 unspecified atom stereocenters. The normalized spacial score (nSPS) is 14.8. The molecule has 22 heavy (non-hydrogen) atoms. The molecule has 1 aromatic rings. The second-order valence-corrected chi connectivity index (χ2v) is 5.45. The maximum absolute atomic E-state index is 12.9. The van der Waals surface area contributed by atoms with Crippen molar-refractivity contribution in [3.63, 3.8) is 0 Å². The van der Waals surface area contributed by atoms with E-state index in [9.17, 15) is 14.0 Å². The van der Waals surface area contributed by atoms with Gasteiger partial charge in [0.1, 0.15) is 17.6 Å². The summed E-state index contributed by atoms with van der Waals surface area (Å²) in [5, 5.41) is 11.6. The topological polar surface area (TPSA) is 75.6 Å². The van der Waals surface area contributed by atoms with Crippen LogP contribution in [0, 0.1) is 11.7 Å². The third kappa shape index (κ3) is 4.87. The molecule has 122 valence electrons. The minimum atomic E-state index is -1.10. The molecule has 2 N–H and O–H groups in total. The molecule has 0 heterocycles. The van der Waals surface area contributed by atoms with Crippen LogP contribution >= 0.6 is 11.6 Å². The first-order valence-electron chi connectivity index (χ1n) is 6.91. The Morgan fingerprint density at radius 1 is 1.41 bits per heavy atom. The van der Waals surface area contributed by atoms with E-state index in [4.69, 9.17) is 21.4 Å². The Morgan fingerprint density at radius 2 is 2.05 bits per heavy atom. The molecule has 0 aliphatic heterocycles. The largest absolute Gasteiger partial charge is 0.480 e. The van der Waals surface area contributed by atoms with Gasteiger partial charge < -0.3 is 15.2 Å². The van der Waals surface area contributed by atoms with Crippen LogP contribution in [0.5, 0.6) is 5.75 Å². The number of amides is 1. The SMILES string of the molecule is CC[C@H](C)[C@H](NC(=O)C(C)Oc1ccc(F)cc1Cl)C(=O)O. The number of carbonyl (C=O) groups is 2. The molecule has 3 atom stereocenters. The maximum Gasteiger partial charge on any atom is 0.326 e. The quantitative estimate of drug-likeness (QED) is 0.805. The Hall–Kier alpha value is -1.82. The van der Waals surface area contributed by atoms with E-state index in [1.807, 2.05) is 6.92 Å². The van der Waals surface area contributed by atoms with Gasteiger partial charge in [0.2, 0.25) is 0 Å². The van der Waals surface area contributed by atoms with Crippen LogP contribution in [0.1, 0.15) is 27.2 Å². The highest BCUT2D eigenvalue weighted by Gasteiger charge is 2.28. The van der Waals surface area contributed by atoms with E-state index in [1.165, 1.54) is 13.0 Å². The number of nitrogens with one attached hydrogen (secondary N) is 1. The molecular weight excluding hydrogens is 313 g/mol. The van der Waals surface area contributed by atoms with Gasteiger partial charge in [-0.15, -0.1) is 0 Å². The first-order valence-corrected chi connectivity index (χ1v) is 7.29. The summed E-state index contributed by atoms with van der Waals surface area (Å²) in [5.41, 5.74) is 0. The maximum atomic E-state index is 12.9. The van der Waals surface area contributed by atoms with Crippen LogP contribution in [0.4, 0.5) is 4.39 Å². The summed E-state index contributed by atoms with van der Waals surface area (Å²) in [6.07, 6.45) is -0.357. The van der Waals surface area contributed by atoms with Gasteiger partial charge in [-0.3, -0.25) is 4.79 Å². The van der Waals surface area contributed by atoms with Gasteiger partial charge in [-0.1, -0.05) is 31.9 Å². The van der Waals surface area contributed by atoms with E-state index >= 15 is 0 Å². The first-order chi connectivity index (χ1) is 10.3. The molecule has 0 saturated carbocycles.